The lowest BCUT2D eigenvalue weighted by molar-refractivity contribution is 0.542. The number of nitrogens with zero attached hydrogens (tertiary/aromatic N) is 1. The predicted molar refractivity (Wildman–Crippen MR) is 160 cm³/mol. The molecular weight excluding hydrogens is 446 g/mol. The summed E-state index contributed by atoms with van der Waals surface area (Å²) in [6, 6.07) is 15.1. The van der Waals surface area contributed by atoms with Crippen molar-refractivity contribution in [2.24, 2.45) is 0 Å². The number of aryl methyl sites for hydroxylation is 1. The molecule has 0 N–H and O–H groups in total. The molecule has 1 heteroatoms. The van der Waals surface area contributed by atoms with Crippen molar-refractivity contribution in [1.29, 1.82) is 0 Å². The second-order valence-corrected chi connectivity index (χ2v) is 15.8. The molecule has 0 radical (unpaired) electrons. The third-order valence-corrected chi connectivity index (χ3v) is 9.92. The first-order valence-corrected chi connectivity index (χ1v) is 14.1. The van der Waals surface area contributed by atoms with Crippen LogP contribution in [0.25, 0.3) is 0 Å². The fraction of sp³-hybridized carbons (Fsp3) is 0.500. The highest BCUT2D eigenvalue weighted by Crippen LogP contribution is 2.66. The van der Waals surface area contributed by atoms with Gasteiger partial charge >= 0.3 is 0 Å². The van der Waals surface area contributed by atoms with Crippen LogP contribution in [0, 0.1) is 6.92 Å². The molecule has 0 aromatic heterocycles. The Bertz CT molecular complexity index is 1400. The summed E-state index contributed by atoms with van der Waals surface area (Å²) in [6.45, 7) is 31.2. The molecule has 0 unspecified atom stereocenters. The molecular formula is C36H45N. The van der Waals surface area contributed by atoms with Gasteiger partial charge in [0.1, 0.15) is 0 Å². The van der Waals surface area contributed by atoms with Crippen molar-refractivity contribution < 1.29 is 0 Å². The lowest BCUT2D eigenvalue weighted by atomic mass is 9.59. The SMILES string of the molecule is Cc1cc2c3c(c1)C(C)(C)c1cc(C(C)(C)C)cc4c1N3c1c(cc(C(C)(C)C)cc1C4(C)C)C2(C)C. The summed E-state index contributed by atoms with van der Waals surface area (Å²) in [5.41, 5.74) is 17.3. The van der Waals surface area contributed by atoms with Gasteiger partial charge in [-0.25, -0.2) is 0 Å². The first-order valence-electron chi connectivity index (χ1n) is 14.1. The van der Waals surface area contributed by atoms with Crippen LogP contribution in [0.15, 0.2) is 36.4 Å². The minimum Gasteiger partial charge on any atom is -0.309 e. The zero-order valence-corrected chi connectivity index (χ0v) is 25.4. The highest BCUT2D eigenvalue weighted by molar-refractivity contribution is 5.98. The number of anilines is 3. The van der Waals surface area contributed by atoms with Crippen molar-refractivity contribution in [2.45, 2.75) is 117 Å². The van der Waals surface area contributed by atoms with Gasteiger partial charge in [-0.15, -0.1) is 0 Å². The largest absolute Gasteiger partial charge is 0.309 e. The highest BCUT2D eigenvalue weighted by Gasteiger charge is 2.52. The number of hydrogen-bond donors (Lipinski definition) is 0. The van der Waals surface area contributed by atoms with Crippen LogP contribution in [-0.4, -0.2) is 0 Å². The van der Waals surface area contributed by atoms with Gasteiger partial charge < -0.3 is 4.90 Å². The summed E-state index contributed by atoms with van der Waals surface area (Å²) in [4.78, 5) is 2.69. The van der Waals surface area contributed by atoms with E-state index >= 15 is 0 Å². The fourth-order valence-electron chi connectivity index (χ4n) is 7.27. The Morgan fingerprint density at radius 3 is 0.946 bits per heavy atom. The van der Waals surface area contributed by atoms with E-state index in [1.54, 1.807) is 0 Å². The lowest BCUT2D eigenvalue weighted by Crippen LogP contribution is -2.44. The van der Waals surface area contributed by atoms with Gasteiger partial charge in [-0.05, 0) is 62.3 Å². The van der Waals surface area contributed by atoms with E-state index in [9.17, 15) is 0 Å². The van der Waals surface area contributed by atoms with Crippen LogP contribution >= 0.6 is 0 Å². The summed E-state index contributed by atoms with van der Waals surface area (Å²) in [5.74, 6) is 0. The van der Waals surface area contributed by atoms with Crippen LogP contribution in [-0.2, 0) is 27.1 Å². The molecule has 0 aliphatic carbocycles. The molecule has 1 nitrogen and oxygen atoms in total. The van der Waals surface area contributed by atoms with Crippen LogP contribution in [0.5, 0.6) is 0 Å². The second-order valence-electron chi connectivity index (χ2n) is 15.8. The van der Waals surface area contributed by atoms with Crippen molar-refractivity contribution in [2.75, 3.05) is 4.90 Å². The van der Waals surface area contributed by atoms with E-state index in [2.05, 4.69) is 131 Å². The minimum atomic E-state index is -0.0982. The van der Waals surface area contributed by atoms with E-state index < -0.39 is 0 Å². The smallest absolute Gasteiger partial charge is 0.0544 e. The van der Waals surface area contributed by atoms with Gasteiger partial charge in [0.05, 0.1) is 17.1 Å². The Morgan fingerprint density at radius 2 is 0.703 bits per heavy atom. The zero-order chi connectivity index (χ0) is 27.2. The lowest BCUT2D eigenvalue weighted by Gasteiger charge is -2.55. The van der Waals surface area contributed by atoms with Crippen LogP contribution in [0.3, 0.4) is 0 Å². The summed E-state index contributed by atoms with van der Waals surface area (Å²) in [6.07, 6.45) is 0. The average Bonchev–Trinajstić information content (AvgIpc) is 2.75. The molecule has 0 atom stereocenters. The Balaban J connectivity index is 1.87. The van der Waals surface area contributed by atoms with Crippen LogP contribution < -0.4 is 4.90 Å². The molecule has 3 heterocycles. The summed E-state index contributed by atoms with van der Waals surface area (Å²) in [5, 5.41) is 0. The molecule has 6 rings (SSSR count). The quantitative estimate of drug-likeness (QED) is 0.302. The first-order chi connectivity index (χ1) is 16.8. The summed E-state index contributed by atoms with van der Waals surface area (Å²) >= 11 is 0. The van der Waals surface area contributed by atoms with E-state index in [1.807, 2.05) is 0 Å². The molecule has 3 aliphatic rings. The maximum atomic E-state index is 2.69. The maximum Gasteiger partial charge on any atom is 0.0544 e. The molecule has 3 aromatic carbocycles. The van der Waals surface area contributed by atoms with Crippen LogP contribution in [0.1, 0.15) is 133 Å². The third-order valence-electron chi connectivity index (χ3n) is 9.92. The number of hydrogen-bond acceptors (Lipinski definition) is 1. The second kappa shape index (κ2) is 6.71. The van der Waals surface area contributed by atoms with Gasteiger partial charge in [0, 0.05) is 16.2 Å². The highest BCUT2D eigenvalue weighted by atomic mass is 15.2. The van der Waals surface area contributed by atoms with Crippen molar-refractivity contribution in [3.05, 3.63) is 86.5 Å². The Hall–Kier alpha value is -2.54. The number of benzene rings is 3. The van der Waals surface area contributed by atoms with Gasteiger partial charge in [-0.2, -0.15) is 0 Å². The Kier molecular flexibility index (Phi) is 4.50. The van der Waals surface area contributed by atoms with E-state index in [-0.39, 0.29) is 27.1 Å². The molecule has 0 saturated carbocycles. The van der Waals surface area contributed by atoms with E-state index in [0.29, 0.717) is 0 Å². The van der Waals surface area contributed by atoms with E-state index in [0.717, 1.165) is 0 Å². The van der Waals surface area contributed by atoms with Gasteiger partial charge in [0.15, 0.2) is 0 Å². The Labute approximate surface area is 225 Å². The molecule has 0 saturated heterocycles. The third kappa shape index (κ3) is 2.98. The van der Waals surface area contributed by atoms with Crippen LogP contribution in [0.4, 0.5) is 17.1 Å². The van der Waals surface area contributed by atoms with Crippen molar-refractivity contribution in [3.8, 4) is 0 Å². The Morgan fingerprint density at radius 1 is 0.459 bits per heavy atom. The van der Waals surface area contributed by atoms with Crippen molar-refractivity contribution >= 4 is 17.1 Å². The van der Waals surface area contributed by atoms with E-state index in [1.165, 1.54) is 67.1 Å². The molecule has 0 fully saturated rings. The summed E-state index contributed by atoms with van der Waals surface area (Å²) < 4.78 is 0. The molecule has 3 aromatic rings. The van der Waals surface area contributed by atoms with Gasteiger partial charge in [-0.1, -0.05) is 125 Å². The topological polar surface area (TPSA) is 3.24 Å². The monoisotopic (exact) mass is 491 g/mol. The van der Waals surface area contributed by atoms with Gasteiger partial charge in [0.2, 0.25) is 0 Å². The minimum absolute atomic E-state index is 0.0789. The van der Waals surface area contributed by atoms with Gasteiger partial charge in [-0.3, -0.25) is 0 Å². The predicted octanol–water partition coefficient (Wildman–Crippen LogP) is 9.98. The fourth-order valence-corrected chi connectivity index (χ4v) is 7.27. The molecule has 3 aliphatic heterocycles. The number of rotatable bonds is 0. The molecule has 0 spiro atoms. The van der Waals surface area contributed by atoms with Crippen LogP contribution in [0.2, 0.25) is 0 Å². The zero-order valence-electron chi connectivity index (χ0n) is 25.4. The standard InChI is InChI=1S/C36H45N/c1-20-14-23-29-24(15-20)35(10,11)26-17-22(33(5,6)7)19-28-31(26)37(29)30-25(34(23,8)9)16-21(32(2,3)4)18-27(30)36(28,12)13/h14-19H,1-13H3. The molecule has 0 amide bonds. The first kappa shape index (κ1) is 24.8. The van der Waals surface area contributed by atoms with Gasteiger partial charge in [0.25, 0.3) is 0 Å². The summed E-state index contributed by atoms with van der Waals surface area (Å²) in [7, 11) is 0. The molecule has 194 valence electrons. The average molecular weight is 492 g/mol. The van der Waals surface area contributed by atoms with Crippen molar-refractivity contribution in [3.63, 3.8) is 0 Å². The van der Waals surface area contributed by atoms with E-state index in [4.69, 9.17) is 0 Å². The molecule has 0 bridgehead atoms. The maximum absolute atomic E-state index is 2.69. The van der Waals surface area contributed by atoms with Crippen molar-refractivity contribution in [1.82, 2.24) is 0 Å². The normalized spacial score (nSPS) is 19.5. The molecule has 37 heavy (non-hydrogen) atoms.